The highest BCUT2D eigenvalue weighted by molar-refractivity contribution is 7.89. The van der Waals surface area contributed by atoms with E-state index in [4.69, 9.17) is 0 Å². The monoisotopic (exact) mass is 443 g/mol. The number of benzene rings is 1. The lowest BCUT2D eigenvalue weighted by Crippen LogP contribution is -2.49. The number of aromatic nitrogens is 2. The minimum atomic E-state index is -3.51. The Balaban J connectivity index is 1.50. The Morgan fingerprint density at radius 2 is 1.23 bits per heavy atom. The van der Waals surface area contributed by atoms with Gasteiger partial charge in [0.25, 0.3) is 0 Å². The van der Waals surface area contributed by atoms with Crippen LogP contribution in [-0.2, 0) is 10.0 Å². The number of hydrogen-bond acceptors (Lipinski definition) is 6. The quantitative estimate of drug-likeness (QED) is 0.723. The number of rotatable bonds is 4. The van der Waals surface area contributed by atoms with Crippen LogP contribution in [0.5, 0.6) is 0 Å². The van der Waals surface area contributed by atoms with Gasteiger partial charge in [0.2, 0.25) is 10.0 Å². The molecule has 4 rings (SSSR count). The van der Waals surface area contributed by atoms with Gasteiger partial charge in [0.1, 0.15) is 17.5 Å². The third-order valence-electron chi connectivity index (χ3n) is 6.46. The van der Waals surface area contributed by atoms with Crippen LogP contribution in [-0.4, -0.2) is 62.0 Å². The first-order valence-corrected chi connectivity index (χ1v) is 12.6. The van der Waals surface area contributed by atoms with Crippen molar-refractivity contribution in [1.29, 1.82) is 0 Å². The van der Waals surface area contributed by atoms with Gasteiger partial charge >= 0.3 is 0 Å². The minimum absolute atomic E-state index is 0.425. The topological polar surface area (TPSA) is 69.6 Å². The summed E-state index contributed by atoms with van der Waals surface area (Å²) < 4.78 is 28.2. The Hall–Kier alpha value is -2.19. The van der Waals surface area contributed by atoms with Crippen LogP contribution >= 0.6 is 0 Å². The van der Waals surface area contributed by atoms with Crippen molar-refractivity contribution >= 4 is 21.7 Å². The van der Waals surface area contributed by atoms with E-state index in [2.05, 4.69) is 25.8 Å². The molecule has 2 fully saturated rings. The second-order valence-electron chi connectivity index (χ2n) is 8.77. The molecule has 0 bridgehead atoms. The average molecular weight is 444 g/mol. The summed E-state index contributed by atoms with van der Waals surface area (Å²) in [5.41, 5.74) is 2.93. The van der Waals surface area contributed by atoms with Gasteiger partial charge in [-0.05, 0) is 69.7 Å². The second-order valence-corrected chi connectivity index (χ2v) is 10.7. The molecule has 2 aromatic rings. The number of anilines is 2. The van der Waals surface area contributed by atoms with E-state index in [1.54, 1.807) is 4.31 Å². The van der Waals surface area contributed by atoms with E-state index in [9.17, 15) is 8.42 Å². The first kappa shape index (κ1) is 22.0. The normalized spacial score (nSPS) is 18.5. The first-order valence-electron chi connectivity index (χ1n) is 11.2. The summed E-state index contributed by atoms with van der Waals surface area (Å²) in [6.07, 6.45) is 3.68. The third kappa shape index (κ3) is 4.55. The van der Waals surface area contributed by atoms with E-state index in [0.29, 0.717) is 31.1 Å². The number of hydrogen-bond donors (Lipinski definition) is 0. The minimum Gasteiger partial charge on any atom is -0.356 e. The fraction of sp³-hybridized carbons (Fsp3) is 0.565. The molecule has 0 spiro atoms. The molecular weight excluding hydrogens is 410 g/mol. The maximum atomic E-state index is 13.3. The highest BCUT2D eigenvalue weighted by Crippen LogP contribution is 2.27. The van der Waals surface area contributed by atoms with E-state index in [0.717, 1.165) is 47.2 Å². The lowest BCUT2D eigenvalue weighted by atomic mass is 10.1. The number of piperidine rings is 1. The van der Waals surface area contributed by atoms with E-state index in [1.807, 2.05) is 39.8 Å². The molecule has 0 unspecified atom stereocenters. The van der Waals surface area contributed by atoms with Crippen molar-refractivity contribution in [3.8, 4) is 0 Å². The summed E-state index contributed by atoms with van der Waals surface area (Å²) in [6.45, 7) is 12.0. The molecule has 1 aromatic heterocycles. The van der Waals surface area contributed by atoms with Crippen molar-refractivity contribution in [2.24, 2.45) is 0 Å². The van der Waals surface area contributed by atoms with Crippen molar-refractivity contribution < 1.29 is 8.42 Å². The summed E-state index contributed by atoms with van der Waals surface area (Å²) in [5.74, 6) is 2.65. The zero-order chi connectivity index (χ0) is 22.2. The van der Waals surface area contributed by atoms with Crippen LogP contribution < -0.4 is 9.80 Å². The molecule has 1 aromatic carbocycles. The molecule has 0 saturated carbocycles. The molecule has 2 aliphatic heterocycles. The lowest BCUT2D eigenvalue weighted by Gasteiger charge is -2.35. The van der Waals surface area contributed by atoms with Gasteiger partial charge in [-0.3, -0.25) is 0 Å². The van der Waals surface area contributed by atoms with Crippen molar-refractivity contribution in [3.05, 3.63) is 40.7 Å². The van der Waals surface area contributed by atoms with E-state index in [-0.39, 0.29) is 0 Å². The Morgan fingerprint density at radius 1 is 0.677 bits per heavy atom. The van der Waals surface area contributed by atoms with Gasteiger partial charge in [-0.2, -0.15) is 4.31 Å². The summed E-state index contributed by atoms with van der Waals surface area (Å²) in [7, 11) is -3.51. The number of nitrogens with zero attached hydrogens (tertiary/aromatic N) is 5. The molecule has 2 saturated heterocycles. The fourth-order valence-electron chi connectivity index (χ4n) is 4.49. The second kappa shape index (κ2) is 8.74. The lowest BCUT2D eigenvalue weighted by molar-refractivity contribution is 0.383. The van der Waals surface area contributed by atoms with Crippen molar-refractivity contribution in [3.63, 3.8) is 0 Å². The molecule has 0 amide bonds. The van der Waals surface area contributed by atoms with Crippen LogP contribution in [0.15, 0.2) is 23.1 Å². The molecule has 2 aliphatic rings. The Labute approximate surface area is 186 Å². The number of piperazine rings is 1. The standard InChI is InChI=1S/C23H33N5O2S/c1-17-14-19(3)21(15-18(17)2)31(29,30)28-12-10-27(11-13-28)23-16-22(24-20(4)25-23)26-8-6-5-7-9-26/h14-16H,5-13H2,1-4H3. The van der Waals surface area contributed by atoms with Gasteiger partial charge in [-0.25, -0.2) is 18.4 Å². The molecule has 0 atom stereocenters. The van der Waals surface area contributed by atoms with E-state index in [1.165, 1.54) is 19.3 Å². The average Bonchev–Trinajstić information content (AvgIpc) is 2.76. The molecule has 0 N–H and O–H groups in total. The van der Waals surface area contributed by atoms with Crippen molar-refractivity contribution in [2.75, 3.05) is 49.1 Å². The van der Waals surface area contributed by atoms with Gasteiger partial charge in [-0.15, -0.1) is 0 Å². The van der Waals surface area contributed by atoms with Gasteiger partial charge < -0.3 is 9.80 Å². The van der Waals surface area contributed by atoms with Gasteiger partial charge in [0.15, 0.2) is 0 Å². The van der Waals surface area contributed by atoms with Crippen LogP contribution in [0, 0.1) is 27.7 Å². The summed E-state index contributed by atoms with van der Waals surface area (Å²) in [6, 6.07) is 5.84. The predicted molar refractivity (Wildman–Crippen MR) is 124 cm³/mol. The van der Waals surface area contributed by atoms with Crippen molar-refractivity contribution in [2.45, 2.75) is 51.9 Å². The van der Waals surface area contributed by atoms with Gasteiger partial charge in [0, 0.05) is 45.3 Å². The molecule has 3 heterocycles. The zero-order valence-corrected chi connectivity index (χ0v) is 19.9. The maximum Gasteiger partial charge on any atom is 0.243 e. The van der Waals surface area contributed by atoms with Crippen LogP contribution in [0.25, 0.3) is 0 Å². The Morgan fingerprint density at radius 3 is 1.84 bits per heavy atom. The first-order chi connectivity index (χ1) is 14.8. The third-order valence-corrected chi connectivity index (χ3v) is 8.50. The van der Waals surface area contributed by atoms with Crippen molar-refractivity contribution in [1.82, 2.24) is 14.3 Å². The Bertz CT molecular complexity index is 1060. The molecule has 0 radical (unpaired) electrons. The summed E-state index contributed by atoms with van der Waals surface area (Å²) >= 11 is 0. The smallest absolute Gasteiger partial charge is 0.243 e. The maximum absolute atomic E-state index is 13.3. The summed E-state index contributed by atoms with van der Waals surface area (Å²) in [5, 5.41) is 0. The molecule has 7 nitrogen and oxygen atoms in total. The molecule has 8 heteroatoms. The zero-order valence-electron chi connectivity index (χ0n) is 19.1. The van der Waals surface area contributed by atoms with E-state index < -0.39 is 10.0 Å². The predicted octanol–water partition coefficient (Wildman–Crippen LogP) is 3.21. The molecular formula is C23H33N5O2S. The van der Waals surface area contributed by atoms with E-state index >= 15 is 0 Å². The van der Waals surface area contributed by atoms with Gasteiger partial charge in [0.05, 0.1) is 4.90 Å². The highest BCUT2D eigenvalue weighted by atomic mass is 32.2. The molecule has 0 aliphatic carbocycles. The highest BCUT2D eigenvalue weighted by Gasteiger charge is 2.30. The largest absolute Gasteiger partial charge is 0.356 e. The molecule has 168 valence electrons. The van der Waals surface area contributed by atoms with Crippen LogP contribution in [0.1, 0.15) is 41.8 Å². The fourth-order valence-corrected chi connectivity index (χ4v) is 6.21. The number of aryl methyl sites for hydroxylation is 4. The SMILES string of the molecule is Cc1nc(N2CCCCC2)cc(N2CCN(S(=O)(=O)c3cc(C)c(C)cc3C)CC2)n1. The van der Waals surface area contributed by atoms with Gasteiger partial charge in [-0.1, -0.05) is 6.07 Å². The number of sulfonamides is 1. The van der Waals surface area contributed by atoms with Crippen LogP contribution in [0.4, 0.5) is 11.6 Å². The Kier molecular flexibility index (Phi) is 6.21. The van der Waals surface area contributed by atoms with Crippen LogP contribution in [0.2, 0.25) is 0 Å². The molecule has 31 heavy (non-hydrogen) atoms. The summed E-state index contributed by atoms with van der Waals surface area (Å²) in [4.78, 5) is 14.3. The van der Waals surface area contributed by atoms with Crippen LogP contribution in [0.3, 0.4) is 0 Å².